The Balaban J connectivity index is 1.60. The molecule has 9 nitrogen and oxygen atoms in total. The Morgan fingerprint density at radius 1 is 1.34 bits per heavy atom. The highest BCUT2D eigenvalue weighted by atomic mass is 16.6. The Hall–Kier alpha value is -3.59. The molecule has 0 radical (unpaired) electrons. The number of ether oxygens (including phenoxy) is 1. The molecule has 0 amide bonds. The van der Waals surface area contributed by atoms with Crippen molar-refractivity contribution in [1.29, 1.82) is 0 Å². The number of rotatable bonds is 5. The van der Waals surface area contributed by atoms with Crippen molar-refractivity contribution in [2.24, 2.45) is 0 Å². The molecule has 0 saturated carbocycles. The lowest BCUT2D eigenvalue weighted by molar-refractivity contribution is -0.384. The largest absolute Gasteiger partial charge is 0.496 e. The molecule has 0 atom stereocenters. The van der Waals surface area contributed by atoms with Crippen LogP contribution in [0.15, 0.2) is 47.5 Å². The number of non-ortho nitro benzene ring substituents is 1. The fraction of sp³-hybridized carbons (Fsp3) is 0.250. The summed E-state index contributed by atoms with van der Waals surface area (Å²) in [5, 5.41) is 11.0. The van der Waals surface area contributed by atoms with Crippen molar-refractivity contribution in [2.75, 3.05) is 13.7 Å². The molecule has 0 bridgehead atoms. The molecular weight excluding hydrogens is 374 g/mol. The molecule has 3 aromatic rings. The lowest BCUT2D eigenvalue weighted by Crippen LogP contribution is -2.35. The van der Waals surface area contributed by atoms with Gasteiger partial charge in [0.05, 0.1) is 23.8 Å². The van der Waals surface area contributed by atoms with Crippen LogP contribution in [0.3, 0.4) is 0 Å². The summed E-state index contributed by atoms with van der Waals surface area (Å²) in [4.78, 5) is 36.8. The van der Waals surface area contributed by atoms with Crippen molar-refractivity contribution < 1.29 is 9.66 Å². The summed E-state index contributed by atoms with van der Waals surface area (Å²) < 4.78 is 5.33. The van der Waals surface area contributed by atoms with E-state index in [2.05, 4.69) is 19.9 Å². The highest BCUT2D eigenvalue weighted by Gasteiger charge is 2.23. The average Bonchev–Trinajstić information content (AvgIpc) is 2.74. The third-order valence-electron chi connectivity index (χ3n) is 4.96. The predicted molar refractivity (Wildman–Crippen MR) is 106 cm³/mol. The van der Waals surface area contributed by atoms with Gasteiger partial charge >= 0.3 is 0 Å². The number of pyridine rings is 1. The number of nitro groups is 1. The van der Waals surface area contributed by atoms with E-state index >= 15 is 0 Å². The fourth-order valence-electron chi connectivity index (χ4n) is 3.49. The third kappa shape index (κ3) is 3.85. The zero-order chi connectivity index (χ0) is 20.4. The van der Waals surface area contributed by atoms with E-state index in [0.29, 0.717) is 43.2 Å². The Morgan fingerprint density at radius 3 is 2.93 bits per heavy atom. The molecule has 1 aromatic carbocycles. The lowest BCUT2D eigenvalue weighted by Gasteiger charge is -2.28. The van der Waals surface area contributed by atoms with E-state index in [0.717, 1.165) is 16.8 Å². The highest BCUT2D eigenvalue weighted by Crippen LogP contribution is 2.27. The maximum Gasteiger partial charge on any atom is 0.273 e. The van der Waals surface area contributed by atoms with Gasteiger partial charge in [-0.25, -0.2) is 4.98 Å². The first kappa shape index (κ1) is 18.8. The van der Waals surface area contributed by atoms with Gasteiger partial charge in [0, 0.05) is 54.8 Å². The van der Waals surface area contributed by atoms with E-state index in [1.165, 1.54) is 19.2 Å². The standard InChI is InChI=1S/C20H19N5O4/c1-29-18-9-15(25(27)28)5-4-14(18)11-24-8-6-16-17(12-24)22-19(23-20(16)26)13-3-2-7-21-10-13/h2-5,7,9-10H,6,8,11-12H2,1H3,(H,22,23,26). The number of benzene rings is 1. The first-order valence-electron chi connectivity index (χ1n) is 9.11. The van der Waals surface area contributed by atoms with Gasteiger partial charge in [0.25, 0.3) is 11.2 Å². The van der Waals surface area contributed by atoms with Gasteiger partial charge in [0.1, 0.15) is 11.6 Å². The van der Waals surface area contributed by atoms with E-state index in [4.69, 9.17) is 4.74 Å². The van der Waals surface area contributed by atoms with Crippen molar-refractivity contribution >= 4 is 5.69 Å². The van der Waals surface area contributed by atoms with Crippen molar-refractivity contribution in [1.82, 2.24) is 19.9 Å². The van der Waals surface area contributed by atoms with Crippen LogP contribution < -0.4 is 10.3 Å². The van der Waals surface area contributed by atoms with Gasteiger partial charge in [0.15, 0.2) is 0 Å². The van der Waals surface area contributed by atoms with Crippen LogP contribution in [-0.2, 0) is 19.5 Å². The predicted octanol–water partition coefficient (Wildman–Crippen LogP) is 2.31. The molecule has 0 spiro atoms. The first-order valence-corrected chi connectivity index (χ1v) is 9.11. The molecule has 0 aliphatic carbocycles. The Kier molecular flexibility index (Phi) is 5.05. The first-order chi connectivity index (χ1) is 14.0. The molecule has 3 heterocycles. The number of H-pyrrole nitrogens is 1. The second kappa shape index (κ2) is 7.80. The second-order valence-corrected chi connectivity index (χ2v) is 6.80. The van der Waals surface area contributed by atoms with Gasteiger partial charge in [-0.2, -0.15) is 0 Å². The molecule has 0 fully saturated rings. The normalized spacial score (nSPS) is 13.7. The van der Waals surface area contributed by atoms with Gasteiger partial charge in [-0.3, -0.25) is 24.8 Å². The maximum absolute atomic E-state index is 12.5. The summed E-state index contributed by atoms with van der Waals surface area (Å²) in [7, 11) is 1.50. The van der Waals surface area contributed by atoms with Gasteiger partial charge in [-0.1, -0.05) is 0 Å². The Bertz CT molecular complexity index is 1110. The summed E-state index contributed by atoms with van der Waals surface area (Å²) in [6.07, 6.45) is 3.91. The van der Waals surface area contributed by atoms with Crippen molar-refractivity contribution in [3.8, 4) is 17.1 Å². The molecular formula is C20H19N5O4. The zero-order valence-electron chi connectivity index (χ0n) is 15.8. The van der Waals surface area contributed by atoms with E-state index in [9.17, 15) is 14.9 Å². The molecule has 4 rings (SSSR count). The van der Waals surface area contributed by atoms with Gasteiger partial charge < -0.3 is 9.72 Å². The number of hydrogen-bond acceptors (Lipinski definition) is 7. The van der Waals surface area contributed by atoms with Crippen LogP contribution >= 0.6 is 0 Å². The summed E-state index contributed by atoms with van der Waals surface area (Å²) in [5.41, 5.74) is 2.90. The SMILES string of the molecule is COc1cc([N+](=O)[O-])ccc1CN1CCc2c(nc(-c3cccnc3)[nH]c2=O)C1. The average molecular weight is 393 g/mol. The number of nitrogens with one attached hydrogen (secondary N) is 1. The number of hydrogen-bond donors (Lipinski definition) is 1. The molecule has 9 heteroatoms. The van der Waals surface area contributed by atoms with Crippen LogP contribution in [0.5, 0.6) is 5.75 Å². The fourth-order valence-corrected chi connectivity index (χ4v) is 3.49. The van der Waals surface area contributed by atoms with Gasteiger partial charge in [-0.15, -0.1) is 0 Å². The van der Waals surface area contributed by atoms with Crippen LogP contribution in [0.25, 0.3) is 11.4 Å². The number of fused-ring (bicyclic) bond motifs is 1. The second-order valence-electron chi connectivity index (χ2n) is 6.80. The Labute approximate surface area is 166 Å². The quantitative estimate of drug-likeness (QED) is 0.522. The number of nitrogens with zero attached hydrogens (tertiary/aromatic N) is 4. The lowest BCUT2D eigenvalue weighted by atomic mass is 10.0. The summed E-state index contributed by atoms with van der Waals surface area (Å²) >= 11 is 0. The number of nitro benzene ring substituents is 1. The topological polar surface area (TPSA) is 114 Å². The van der Waals surface area contributed by atoms with Crippen molar-refractivity contribution in [3.05, 3.63) is 80.0 Å². The molecule has 148 valence electrons. The molecule has 29 heavy (non-hydrogen) atoms. The smallest absolute Gasteiger partial charge is 0.273 e. The number of aromatic nitrogens is 3. The number of methoxy groups -OCH3 is 1. The maximum atomic E-state index is 12.5. The molecule has 1 aliphatic heterocycles. The minimum absolute atomic E-state index is 0.0103. The van der Waals surface area contributed by atoms with E-state index in [1.54, 1.807) is 24.5 Å². The van der Waals surface area contributed by atoms with Crippen molar-refractivity contribution in [2.45, 2.75) is 19.5 Å². The van der Waals surface area contributed by atoms with E-state index in [-0.39, 0.29) is 11.2 Å². The van der Waals surface area contributed by atoms with Crippen LogP contribution in [0.1, 0.15) is 16.8 Å². The third-order valence-corrected chi connectivity index (χ3v) is 4.96. The molecule has 1 aliphatic rings. The van der Waals surface area contributed by atoms with Crippen molar-refractivity contribution in [3.63, 3.8) is 0 Å². The van der Waals surface area contributed by atoms with Gasteiger partial charge in [0.2, 0.25) is 0 Å². The summed E-state index contributed by atoms with van der Waals surface area (Å²) in [6.45, 7) is 1.73. The molecule has 0 saturated heterocycles. The Morgan fingerprint density at radius 2 is 2.21 bits per heavy atom. The zero-order valence-corrected chi connectivity index (χ0v) is 15.8. The highest BCUT2D eigenvalue weighted by molar-refractivity contribution is 5.53. The summed E-state index contributed by atoms with van der Waals surface area (Å²) in [5.74, 6) is 0.969. The van der Waals surface area contributed by atoms with E-state index in [1.807, 2.05) is 6.07 Å². The molecule has 2 aromatic heterocycles. The molecule has 0 unspecified atom stereocenters. The molecule has 1 N–H and O–H groups in total. The minimum atomic E-state index is -0.445. The number of aromatic amines is 1. The van der Waals surface area contributed by atoms with Crippen LogP contribution in [0.2, 0.25) is 0 Å². The summed E-state index contributed by atoms with van der Waals surface area (Å²) in [6, 6.07) is 8.25. The van der Waals surface area contributed by atoms with Crippen LogP contribution in [0.4, 0.5) is 5.69 Å². The van der Waals surface area contributed by atoms with E-state index < -0.39 is 4.92 Å². The van der Waals surface area contributed by atoms with Crippen LogP contribution in [0, 0.1) is 10.1 Å². The van der Waals surface area contributed by atoms with Crippen LogP contribution in [-0.4, -0.2) is 38.4 Å². The minimum Gasteiger partial charge on any atom is -0.496 e. The monoisotopic (exact) mass is 393 g/mol. The van der Waals surface area contributed by atoms with Gasteiger partial charge in [-0.05, 0) is 24.6 Å².